The lowest BCUT2D eigenvalue weighted by Gasteiger charge is -2.26. The van der Waals surface area contributed by atoms with Crippen LogP contribution in [0.25, 0.3) is 0 Å². The van der Waals surface area contributed by atoms with E-state index in [4.69, 9.17) is 24.4 Å². The molecule has 0 fully saturated rings. The summed E-state index contributed by atoms with van der Waals surface area (Å²) in [5.41, 5.74) is 2.90. The molecule has 4 unspecified atom stereocenters. The zero-order valence-corrected chi connectivity index (χ0v) is 32.4. The third-order valence-corrected chi connectivity index (χ3v) is 17.4. The molecule has 240 valence electrons. The fraction of sp³-hybridized carbons (Fsp3) is 0.613. The van der Waals surface area contributed by atoms with Gasteiger partial charge in [-0.25, -0.2) is 0 Å². The summed E-state index contributed by atoms with van der Waals surface area (Å²) in [6.45, 7) is 9.29. The molecule has 2 aromatic rings. The largest absolute Gasteiger partial charge is 0.341 e. The number of pyridine rings is 2. The van der Waals surface area contributed by atoms with Crippen LogP contribution in [0.1, 0.15) is 70.9 Å². The average molecular weight is 735 g/mol. The molecule has 2 aliphatic heterocycles. The number of hydrogen-bond acceptors (Lipinski definition) is 6. The van der Waals surface area contributed by atoms with Crippen molar-refractivity contribution in [2.75, 3.05) is 34.5 Å². The minimum Gasteiger partial charge on any atom is -0.341 e. The van der Waals surface area contributed by atoms with Crippen molar-refractivity contribution in [1.82, 2.24) is 9.97 Å². The second-order valence-electron chi connectivity index (χ2n) is 13.1. The zero-order valence-electron chi connectivity index (χ0n) is 25.7. The van der Waals surface area contributed by atoms with Gasteiger partial charge < -0.3 is 9.97 Å². The molecule has 12 heteroatoms. The Morgan fingerprint density at radius 1 is 0.721 bits per heavy atom. The average Bonchev–Trinajstić information content (AvgIpc) is 3.47. The third kappa shape index (κ3) is 10.6. The van der Waals surface area contributed by atoms with E-state index in [0.29, 0.717) is 11.5 Å². The standard InChI is InChI=1S/C31H46N2O2S8/c1-30(2,20-40-16-8-22-24(40)18-26(36)32-28(22)38)10-5-12-42(34)14-7-15-43(35)13-6-11-31(3,4)21-41-17-9-23-25(41)19-27(37)33-29(23)39/h16-19H,5-15,20-21H2,1-4H3,(H2,32,36,38)(H2,33,37,39). The summed E-state index contributed by atoms with van der Waals surface area (Å²) >= 11 is 20.0. The predicted molar refractivity (Wildman–Crippen MR) is 205 cm³/mol. The van der Waals surface area contributed by atoms with Crippen LogP contribution < -0.4 is 0 Å². The summed E-state index contributed by atoms with van der Waals surface area (Å²) in [4.78, 5) is 9.01. The summed E-state index contributed by atoms with van der Waals surface area (Å²) in [5, 5.41) is 6.62. The van der Waals surface area contributed by atoms with Crippen LogP contribution in [0.2, 0.25) is 0 Å². The minimum atomic E-state index is -0.848. The van der Waals surface area contributed by atoms with E-state index in [1.165, 1.54) is 20.9 Å². The van der Waals surface area contributed by atoms with Crippen molar-refractivity contribution in [3.63, 3.8) is 0 Å². The lowest BCUT2D eigenvalue weighted by molar-refractivity contribution is 0.383. The molecule has 4 atom stereocenters. The molecular weight excluding hydrogens is 689 g/mol. The van der Waals surface area contributed by atoms with Crippen molar-refractivity contribution in [2.24, 2.45) is 10.8 Å². The summed E-state index contributed by atoms with van der Waals surface area (Å²) in [7, 11) is -1.53. The lowest BCUT2D eigenvalue weighted by atomic mass is 9.91. The quantitative estimate of drug-likeness (QED) is 0.103. The van der Waals surface area contributed by atoms with Gasteiger partial charge in [0.2, 0.25) is 0 Å². The molecule has 0 bridgehead atoms. The fourth-order valence-electron chi connectivity index (χ4n) is 5.78. The first-order valence-electron chi connectivity index (χ1n) is 14.9. The van der Waals surface area contributed by atoms with Gasteiger partial charge in [-0.3, -0.25) is 8.42 Å². The molecule has 2 aliphatic rings. The number of thiol groups is 2. The number of aromatic nitrogens is 2. The van der Waals surface area contributed by atoms with Gasteiger partial charge in [0.15, 0.2) is 0 Å². The highest BCUT2D eigenvalue weighted by atomic mass is 32.2. The Kier molecular flexibility index (Phi) is 13.3. The van der Waals surface area contributed by atoms with E-state index in [9.17, 15) is 8.42 Å². The maximum absolute atomic E-state index is 12.7. The van der Waals surface area contributed by atoms with Gasteiger partial charge in [0.05, 0.1) is 10.1 Å². The van der Waals surface area contributed by atoms with E-state index >= 15 is 0 Å². The molecular formula is C31H46N2O2S8. The van der Waals surface area contributed by atoms with Crippen LogP contribution in [0.4, 0.5) is 0 Å². The maximum Gasteiger partial charge on any atom is 0.105 e. The van der Waals surface area contributed by atoms with Gasteiger partial charge in [-0.1, -0.05) is 62.9 Å². The summed E-state index contributed by atoms with van der Waals surface area (Å²) in [6, 6.07) is 4.22. The Labute approximate surface area is 289 Å². The van der Waals surface area contributed by atoms with Crippen molar-refractivity contribution in [2.45, 2.75) is 92.5 Å². The molecule has 0 saturated carbocycles. The molecule has 0 aromatic carbocycles. The van der Waals surface area contributed by atoms with E-state index in [-0.39, 0.29) is 31.8 Å². The normalized spacial score (nSPS) is 19.4. The van der Waals surface area contributed by atoms with Crippen molar-refractivity contribution in [3.05, 3.63) is 32.5 Å². The molecule has 0 aliphatic carbocycles. The first-order valence-corrected chi connectivity index (χ1v) is 22.5. The smallest absolute Gasteiger partial charge is 0.105 e. The number of fused-ring (bicyclic) bond motifs is 2. The van der Waals surface area contributed by atoms with Crippen LogP contribution in [-0.4, -0.2) is 63.6 Å². The zero-order chi connectivity index (χ0) is 31.4. The van der Waals surface area contributed by atoms with Crippen LogP contribution in [0.5, 0.6) is 0 Å². The van der Waals surface area contributed by atoms with E-state index in [0.717, 1.165) is 87.3 Å². The van der Waals surface area contributed by atoms with Crippen molar-refractivity contribution < 1.29 is 8.42 Å². The Hall–Kier alpha value is 0.180. The topological polar surface area (TPSA) is 65.7 Å². The second kappa shape index (κ2) is 15.8. The highest BCUT2D eigenvalue weighted by molar-refractivity contribution is 8.15. The molecule has 4 heterocycles. The van der Waals surface area contributed by atoms with Gasteiger partial charge >= 0.3 is 0 Å². The number of nitrogens with one attached hydrogen (secondary N) is 2. The van der Waals surface area contributed by atoms with Crippen LogP contribution >= 0.6 is 70.7 Å². The number of H-pyrrole nitrogens is 2. The van der Waals surface area contributed by atoms with E-state index in [1.807, 2.05) is 0 Å². The SMILES string of the molecule is CC(C)(CCCS(=O)CCCS(=O)CCCC(C)(C)CS1=CCc2c1cc(=S)[nH]c2S)CS1=CCc2c1cc(=S)[nH]c2S. The van der Waals surface area contributed by atoms with Gasteiger partial charge in [-0.2, -0.15) is 21.0 Å². The molecule has 0 spiro atoms. The van der Waals surface area contributed by atoms with Crippen LogP contribution in [0.15, 0.2) is 32.0 Å². The van der Waals surface area contributed by atoms with Crippen molar-refractivity contribution in [3.8, 4) is 0 Å². The monoisotopic (exact) mass is 734 g/mol. The van der Waals surface area contributed by atoms with Crippen LogP contribution in [0, 0.1) is 20.1 Å². The number of aromatic amines is 2. The minimum absolute atomic E-state index is 0.0833. The second-order valence-corrected chi connectivity index (χ2v) is 22.1. The third-order valence-electron chi connectivity index (χ3n) is 8.00. The number of rotatable bonds is 16. The maximum atomic E-state index is 12.7. The molecule has 0 amide bonds. The summed E-state index contributed by atoms with van der Waals surface area (Å²) in [6.07, 6.45) is 6.69. The van der Waals surface area contributed by atoms with E-state index in [1.54, 1.807) is 0 Å². The molecule has 0 radical (unpaired) electrons. The van der Waals surface area contributed by atoms with Gasteiger partial charge in [-0.15, -0.1) is 25.3 Å². The van der Waals surface area contributed by atoms with Crippen molar-refractivity contribution in [1.29, 1.82) is 0 Å². The van der Waals surface area contributed by atoms with Gasteiger partial charge in [0, 0.05) is 54.4 Å². The molecule has 2 aromatic heterocycles. The summed E-state index contributed by atoms with van der Waals surface area (Å²) in [5.74, 6) is 4.94. The van der Waals surface area contributed by atoms with Crippen molar-refractivity contribution >= 4 is 103 Å². The Balaban J connectivity index is 1.10. The van der Waals surface area contributed by atoms with Crippen LogP contribution in [0.3, 0.4) is 0 Å². The molecule has 43 heavy (non-hydrogen) atoms. The molecule has 4 nitrogen and oxygen atoms in total. The first kappa shape index (κ1) is 36.0. The highest BCUT2D eigenvalue weighted by Crippen LogP contribution is 2.44. The Bertz CT molecular complexity index is 1450. The Morgan fingerprint density at radius 2 is 1.09 bits per heavy atom. The van der Waals surface area contributed by atoms with E-state index in [2.05, 4.69) is 85.8 Å². The lowest BCUT2D eigenvalue weighted by Crippen LogP contribution is -2.18. The fourth-order valence-corrected chi connectivity index (χ4v) is 14.9. The van der Waals surface area contributed by atoms with Crippen LogP contribution in [-0.2, 0) is 34.4 Å². The van der Waals surface area contributed by atoms with Gasteiger partial charge in [-0.05, 0) is 90.5 Å². The van der Waals surface area contributed by atoms with E-state index < -0.39 is 21.6 Å². The number of hydrogen-bond donors (Lipinski definition) is 4. The molecule has 4 rings (SSSR count). The van der Waals surface area contributed by atoms with Gasteiger partial charge in [0.25, 0.3) is 0 Å². The highest BCUT2D eigenvalue weighted by Gasteiger charge is 2.26. The predicted octanol–water partition coefficient (Wildman–Crippen LogP) is 8.55. The molecule has 0 saturated heterocycles. The summed E-state index contributed by atoms with van der Waals surface area (Å²) < 4.78 is 26.9. The van der Waals surface area contributed by atoms with Gasteiger partial charge in [0.1, 0.15) is 9.28 Å². The Morgan fingerprint density at radius 3 is 1.49 bits per heavy atom. The molecule has 2 N–H and O–H groups in total. The first-order chi connectivity index (χ1) is 20.2.